The molecule has 0 amide bonds. The Morgan fingerprint density at radius 2 is 1.63 bits per heavy atom. The van der Waals surface area contributed by atoms with E-state index in [4.69, 9.17) is 11.6 Å². The van der Waals surface area contributed by atoms with Crippen molar-refractivity contribution in [2.45, 2.75) is 18.9 Å². The first kappa shape index (κ1) is 14.0. The average Bonchev–Trinajstić information content (AvgIpc) is 2.33. The first-order chi connectivity index (χ1) is 8.88. The minimum absolute atomic E-state index is 0.220. The fourth-order valence-electron chi connectivity index (χ4n) is 1.95. The van der Waals surface area contributed by atoms with E-state index in [0.29, 0.717) is 11.1 Å². The van der Waals surface area contributed by atoms with Gasteiger partial charge in [0.2, 0.25) is 0 Å². The fraction of sp³-hybridized carbons (Fsp3) is 0.200. The van der Waals surface area contributed by atoms with Crippen LogP contribution >= 0.6 is 11.6 Å². The molecule has 19 heavy (non-hydrogen) atoms. The van der Waals surface area contributed by atoms with Crippen molar-refractivity contribution in [3.63, 3.8) is 0 Å². The van der Waals surface area contributed by atoms with E-state index in [1.165, 1.54) is 42.5 Å². The van der Waals surface area contributed by atoms with Gasteiger partial charge in [0.25, 0.3) is 0 Å². The Morgan fingerprint density at radius 3 is 2.21 bits per heavy atom. The van der Waals surface area contributed by atoms with Crippen molar-refractivity contribution in [3.8, 4) is 0 Å². The molecule has 4 heteroatoms. The molecule has 100 valence electrons. The number of aliphatic hydroxyl groups is 1. The highest BCUT2D eigenvalue weighted by Gasteiger charge is 2.24. The Kier molecular flexibility index (Phi) is 3.88. The standard InChI is InChI=1S/C15H13ClF2O/c1-15(19,11-3-6-12(17)7-4-11)9-10-2-5-13(18)8-14(10)16/h2-8,19H,9H2,1H3. The van der Waals surface area contributed by atoms with Crippen LogP contribution in [0.4, 0.5) is 8.78 Å². The highest BCUT2D eigenvalue weighted by Crippen LogP contribution is 2.29. The Balaban J connectivity index is 2.27. The third kappa shape index (κ3) is 3.31. The van der Waals surface area contributed by atoms with Gasteiger partial charge in [-0.15, -0.1) is 0 Å². The van der Waals surface area contributed by atoms with Gasteiger partial charge in [0, 0.05) is 11.4 Å². The summed E-state index contributed by atoms with van der Waals surface area (Å²) in [6.45, 7) is 1.61. The lowest BCUT2D eigenvalue weighted by Crippen LogP contribution is -2.24. The van der Waals surface area contributed by atoms with Gasteiger partial charge in [0.15, 0.2) is 0 Å². The zero-order valence-corrected chi connectivity index (χ0v) is 11.1. The molecule has 0 heterocycles. The molecule has 0 fully saturated rings. The molecule has 0 bridgehead atoms. The van der Waals surface area contributed by atoms with Crippen LogP contribution in [0.15, 0.2) is 42.5 Å². The Bertz CT molecular complexity index is 579. The summed E-state index contributed by atoms with van der Waals surface area (Å²) < 4.78 is 25.8. The summed E-state index contributed by atoms with van der Waals surface area (Å²) in [5.74, 6) is -0.783. The summed E-state index contributed by atoms with van der Waals surface area (Å²) >= 11 is 5.94. The molecule has 1 atom stereocenters. The molecule has 2 aromatic rings. The van der Waals surface area contributed by atoms with Crippen LogP contribution in [0, 0.1) is 11.6 Å². The van der Waals surface area contributed by atoms with Gasteiger partial charge in [-0.2, -0.15) is 0 Å². The van der Waals surface area contributed by atoms with Gasteiger partial charge in [-0.25, -0.2) is 8.78 Å². The maximum absolute atomic E-state index is 13.0. The van der Waals surface area contributed by atoms with Crippen molar-refractivity contribution in [3.05, 3.63) is 70.2 Å². The number of hydrogen-bond donors (Lipinski definition) is 1. The van der Waals surface area contributed by atoms with E-state index >= 15 is 0 Å². The maximum Gasteiger partial charge on any atom is 0.124 e. The van der Waals surface area contributed by atoms with Gasteiger partial charge in [0.05, 0.1) is 5.60 Å². The minimum Gasteiger partial charge on any atom is -0.385 e. The van der Waals surface area contributed by atoms with Crippen LogP contribution in [0.3, 0.4) is 0 Å². The predicted octanol–water partition coefficient (Wildman–Crippen LogP) is 4.07. The normalized spacial score (nSPS) is 14.2. The molecule has 0 aliphatic heterocycles. The minimum atomic E-state index is -1.20. The highest BCUT2D eigenvalue weighted by molar-refractivity contribution is 6.31. The first-order valence-corrected chi connectivity index (χ1v) is 6.19. The van der Waals surface area contributed by atoms with Crippen LogP contribution in [0.5, 0.6) is 0 Å². The zero-order valence-electron chi connectivity index (χ0n) is 10.3. The first-order valence-electron chi connectivity index (χ1n) is 5.81. The van der Waals surface area contributed by atoms with Crippen LogP contribution in [0.25, 0.3) is 0 Å². The topological polar surface area (TPSA) is 20.2 Å². The smallest absolute Gasteiger partial charge is 0.124 e. The summed E-state index contributed by atoms with van der Waals surface area (Å²) in [6.07, 6.45) is 0.220. The summed E-state index contributed by atoms with van der Waals surface area (Å²) in [5.41, 5.74) is 0.0153. The number of rotatable bonds is 3. The molecule has 0 saturated heterocycles. The molecule has 0 aliphatic carbocycles. The molecule has 0 aromatic heterocycles. The molecular weight excluding hydrogens is 270 g/mol. The van der Waals surface area contributed by atoms with Gasteiger partial charge in [-0.1, -0.05) is 29.8 Å². The van der Waals surface area contributed by atoms with Crippen molar-refractivity contribution in [1.29, 1.82) is 0 Å². The molecule has 1 nitrogen and oxygen atoms in total. The van der Waals surface area contributed by atoms with Gasteiger partial charge in [-0.3, -0.25) is 0 Å². The number of hydrogen-bond acceptors (Lipinski definition) is 1. The molecule has 0 saturated carbocycles. The van der Waals surface area contributed by atoms with Crippen LogP contribution < -0.4 is 0 Å². The second kappa shape index (κ2) is 5.27. The Morgan fingerprint density at radius 1 is 1.05 bits per heavy atom. The van der Waals surface area contributed by atoms with Crippen molar-refractivity contribution in [2.24, 2.45) is 0 Å². The van der Waals surface area contributed by atoms with E-state index in [2.05, 4.69) is 0 Å². The van der Waals surface area contributed by atoms with E-state index in [-0.39, 0.29) is 17.3 Å². The molecule has 2 aromatic carbocycles. The molecule has 2 rings (SSSR count). The van der Waals surface area contributed by atoms with E-state index in [0.717, 1.165) is 0 Å². The van der Waals surface area contributed by atoms with E-state index < -0.39 is 11.4 Å². The average molecular weight is 283 g/mol. The molecule has 0 radical (unpaired) electrons. The van der Waals surface area contributed by atoms with Crippen molar-refractivity contribution < 1.29 is 13.9 Å². The zero-order chi connectivity index (χ0) is 14.0. The van der Waals surface area contributed by atoms with Crippen molar-refractivity contribution >= 4 is 11.6 Å². The third-order valence-corrected chi connectivity index (χ3v) is 3.37. The number of benzene rings is 2. The monoisotopic (exact) mass is 282 g/mol. The van der Waals surface area contributed by atoms with Crippen molar-refractivity contribution in [1.82, 2.24) is 0 Å². The Hall–Kier alpha value is -1.45. The molecular formula is C15H13ClF2O. The molecule has 1 unspecified atom stereocenters. The second-order valence-corrected chi connectivity index (χ2v) is 5.10. The fourth-order valence-corrected chi connectivity index (χ4v) is 2.18. The predicted molar refractivity (Wildman–Crippen MR) is 71.1 cm³/mol. The summed E-state index contributed by atoms with van der Waals surface area (Å²) in [5, 5.41) is 10.7. The molecule has 1 N–H and O–H groups in total. The summed E-state index contributed by atoms with van der Waals surface area (Å²) in [6, 6.07) is 9.65. The van der Waals surface area contributed by atoms with Crippen LogP contribution in [0.2, 0.25) is 5.02 Å². The molecule has 0 aliphatic rings. The number of halogens is 3. The lowest BCUT2D eigenvalue weighted by Gasteiger charge is -2.24. The van der Waals surface area contributed by atoms with Crippen LogP contribution in [0.1, 0.15) is 18.1 Å². The van der Waals surface area contributed by atoms with Crippen LogP contribution in [-0.4, -0.2) is 5.11 Å². The van der Waals surface area contributed by atoms with E-state index in [1.54, 1.807) is 6.92 Å². The second-order valence-electron chi connectivity index (χ2n) is 4.69. The third-order valence-electron chi connectivity index (χ3n) is 3.02. The maximum atomic E-state index is 13.0. The van der Waals surface area contributed by atoms with Gasteiger partial charge in [0.1, 0.15) is 11.6 Å². The largest absolute Gasteiger partial charge is 0.385 e. The van der Waals surface area contributed by atoms with E-state index in [9.17, 15) is 13.9 Å². The summed E-state index contributed by atoms with van der Waals surface area (Å²) in [4.78, 5) is 0. The van der Waals surface area contributed by atoms with Gasteiger partial charge in [-0.05, 0) is 42.3 Å². The van der Waals surface area contributed by atoms with Crippen LogP contribution in [-0.2, 0) is 12.0 Å². The highest BCUT2D eigenvalue weighted by atomic mass is 35.5. The summed E-state index contributed by atoms with van der Waals surface area (Å²) in [7, 11) is 0. The molecule has 0 spiro atoms. The van der Waals surface area contributed by atoms with Gasteiger partial charge >= 0.3 is 0 Å². The SMILES string of the molecule is CC(O)(Cc1ccc(F)cc1Cl)c1ccc(F)cc1. The lowest BCUT2D eigenvalue weighted by molar-refractivity contribution is 0.0575. The van der Waals surface area contributed by atoms with Gasteiger partial charge < -0.3 is 5.11 Å². The quantitative estimate of drug-likeness (QED) is 0.900. The van der Waals surface area contributed by atoms with Crippen molar-refractivity contribution in [2.75, 3.05) is 0 Å². The Labute approximate surface area is 115 Å². The van der Waals surface area contributed by atoms with E-state index in [1.807, 2.05) is 0 Å². The lowest BCUT2D eigenvalue weighted by atomic mass is 9.89.